The molecule has 0 N–H and O–H groups in total. The van der Waals surface area contributed by atoms with Gasteiger partial charge in [0.2, 0.25) is 0 Å². The molecule has 0 aromatic heterocycles. The molecule has 0 radical (unpaired) electrons. The van der Waals surface area contributed by atoms with Crippen LogP contribution in [-0.4, -0.2) is 24.7 Å². The predicted molar refractivity (Wildman–Crippen MR) is 92.1 cm³/mol. The van der Waals surface area contributed by atoms with E-state index in [-0.39, 0.29) is 11.5 Å². The molecule has 1 saturated heterocycles. The van der Waals surface area contributed by atoms with Crippen LogP contribution >= 0.6 is 12.6 Å². The lowest BCUT2D eigenvalue weighted by Crippen LogP contribution is -1.99. The smallest absolute Gasteiger partial charge is 0.172 e. The average Bonchev–Trinajstić information content (AvgIpc) is 3.11. The third kappa shape index (κ3) is 11.1. The zero-order chi connectivity index (χ0) is 15.8. The summed E-state index contributed by atoms with van der Waals surface area (Å²) in [5, 5.41) is 0. The largest absolute Gasteiger partial charge is 0.381 e. The zero-order valence-corrected chi connectivity index (χ0v) is 14.5. The first-order valence-corrected chi connectivity index (χ1v) is 8.16. The van der Waals surface area contributed by atoms with Crippen molar-refractivity contribution < 1.29 is 9.53 Å². The van der Waals surface area contributed by atoms with E-state index < -0.39 is 0 Å². The number of hydrogen-bond donors (Lipinski definition) is 1. The van der Waals surface area contributed by atoms with Crippen molar-refractivity contribution in [2.45, 2.75) is 47.5 Å². The number of rotatable bonds is 2. The van der Waals surface area contributed by atoms with Gasteiger partial charge in [-0.1, -0.05) is 57.5 Å². The molecule has 1 heterocycles. The van der Waals surface area contributed by atoms with Crippen LogP contribution in [0.3, 0.4) is 0 Å². The highest BCUT2D eigenvalue weighted by molar-refractivity contribution is 7.81. The first kappa shape index (κ1) is 21.5. The number of ether oxygens (including phenoxy) is 1. The van der Waals surface area contributed by atoms with Crippen LogP contribution in [0.15, 0.2) is 24.3 Å². The number of hydrogen-bond acceptors (Lipinski definition) is 3. The molecule has 2 rings (SSSR count). The van der Waals surface area contributed by atoms with Gasteiger partial charge in [-0.15, -0.1) is 0 Å². The van der Waals surface area contributed by atoms with Gasteiger partial charge in [-0.25, -0.2) is 0 Å². The molecule has 0 saturated carbocycles. The lowest BCUT2D eigenvalue weighted by Gasteiger charge is -1.96. The molecule has 116 valence electrons. The van der Waals surface area contributed by atoms with Gasteiger partial charge in [0.25, 0.3) is 0 Å². The monoisotopic (exact) mass is 298 g/mol. The molecule has 1 fully saturated rings. The molecular formula is C17H30O2S. The van der Waals surface area contributed by atoms with E-state index in [1.807, 2.05) is 58.9 Å². The molecule has 0 spiro atoms. The molecule has 0 atom stereocenters. The summed E-state index contributed by atoms with van der Waals surface area (Å²) in [7, 11) is 0. The van der Waals surface area contributed by atoms with Crippen molar-refractivity contribution in [2.24, 2.45) is 0 Å². The van der Waals surface area contributed by atoms with Crippen LogP contribution in [0.5, 0.6) is 0 Å². The van der Waals surface area contributed by atoms with E-state index in [2.05, 4.69) is 12.6 Å². The molecule has 0 unspecified atom stereocenters. The molecule has 1 aliphatic heterocycles. The van der Waals surface area contributed by atoms with Gasteiger partial charge in [0.15, 0.2) is 5.78 Å². The van der Waals surface area contributed by atoms with Crippen molar-refractivity contribution in [1.29, 1.82) is 0 Å². The number of carbonyl (C=O) groups is 1. The molecule has 0 amide bonds. The molecule has 0 aliphatic carbocycles. The van der Waals surface area contributed by atoms with Crippen LogP contribution < -0.4 is 0 Å². The first-order valence-electron chi connectivity index (χ1n) is 7.52. The van der Waals surface area contributed by atoms with E-state index in [1.165, 1.54) is 18.4 Å². The topological polar surface area (TPSA) is 26.3 Å². The van der Waals surface area contributed by atoms with E-state index in [1.54, 1.807) is 0 Å². The fourth-order valence-corrected chi connectivity index (χ4v) is 1.52. The summed E-state index contributed by atoms with van der Waals surface area (Å²) in [6, 6.07) is 7.51. The van der Waals surface area contributed by atoms with Gasteiger partial charge in [-0.05, 0) is 19.8 Å². The number of thiol groups is 1. The van der Waals surface area contributed by atoms with E-state index in [0.29, 0.717) is 0 Å². The quantitative estimate of drug-likeness (QED) is 0.617. The summed E-state index contributed by atoms with van der Waals surface area (Å²) in [4.78, 5) is 11.0. The fourth-order valence-electron chi connectivity index (χ4n) is 1.34. The highest BCUT2D eigenvalue weighted by atomic mass is 32.1. The van der Waals surface area contributed by atoms with Crippen LogP contribution in [0.1, 0.15) is 56.5 Å². The second-order valence-corrected chi connectivity index (χ2v) is 4.08. The van der Waals surface area contributed by atoms with Crippen molar-refractivity contribution in [2.75, 3.05) is 19.0 Å². The lowest BCUT2D eigenvalue weighted by molar-refractivity contribution is 0.102. The Bertz CT molecular complexity index is 309. The van der Waals surface area contributed by atoms with Crippen molar-refractivity contribution in [3.05, 3.63) is 35.4 Å². The standard InChI is InChI=1S/C9H10OS.C4H8O.2C2H6/c1-7-2-4-8(5-3-7)9(10)6-11;1-2-4-5-3-1;2*1-2/h2-5,11H,6H2,1H3;1-4H2;2*1-2H3. The maximum absolute atomic E-state index is 11.0. The van der Waals surface area contributed by atoms with Crippen LogP contribution in [0.4, 0.5) is 0 Å². The van der Waals surface area contributed by atoms with Crippen LogP contribution in [0.2, 0.25) is 0 Å². The van der Waals surface area contributed by atoms with Crippen molar-refractivity contribution in [1.82, 2.24) is 0 Å². The third-order valence-electron chi connectivity index (χ3n) is 2.34. The number of aryl methyl sites for hydroxylation is 1. The molecule has 3 heteroatoms. The minimum Gasteiger partial charge on any atom is -0.381 e. The summed E-state index contributed by atoms with van der Waals surface area (Å²) < 4.78 is 4.94. The minimum atomic E-state index is 0.0772. The summed E-state index contributed by atoms with van der Waals surface area (Å²) in [6.45, 7) is 12.0. The van der Waals surface area contributed by atoms with E-state index in [9.17, 15) is 4.79 Å². The highest BCUT2D eigenvalue weighted by Gasteiger charge is 2.00. The van der Waals surface area contributed by atoms with Gasteiger partial charge in [0.05, 0.1) is 5.75 Å². The number of carbonyl (C=O) groups excluding carboxylic acids is 1. The second-order valence-electron chi connectivity index (χ2n) is 3.77. The van der Waals surface area contributed by atoms with Gasteiger partial charge < -0.3 is 4.74 Å². The molecular weight excluding hydrogens is 268 g/mol. The van der Waals surface area contributed by atoms with Crippen LogP contribution in [0, 0.1) is 6.92 Å². The Morgan fingerprint density at radius 1 is 1.05 bits per heavy atom. The van der Waals surface area contributed by atoms with Gasteiger partial charge in [-0.2, -0.15) is 12.6 Å². The Morgan fingerprint density at radius 2 is 1.50 bits per heavy atom. The number of benzene rings is 1. The summed E-state index contributed by atoms with van der Waals surface area (Å²) in [5.41, 5.74) is 1.91. The summed E-state index contributed by atoms with van der Waals surface area (Å²) in [6.07, 6.45) is 2.56. The van der Waals surface area contributed by atoms with E-state index in [0.717, 1.165) is 18.8 Å². The van der Waals surface area contributed by atoms with E-state index >= 15 is 0 Å². The minimum absolute atomic E-state index is 0.0772. The van der Waals surface area contributed by atoms with Crippen LogP contribution in [0.25, 0.3) is 0 Å². The number of Topliss-reactive ketones (excluding diaryl/α,β-unsaturated/α-hetero) is 1. The Morgan fingerprint density at radius 3 is 1.80 bits per heavy atom. The van der Waals surface area contributed by atoms with Gasteiger partial charge in [-0.3, -0.25) is 4.79 Å². The predicted octanol–water partition coefficient (Wildman–Crippen LogP) is 4.96. The van der Waals surface area contributed by atoms with Crippen molar-refractivity contribution in [3.63, 3.8) is 0 Å². The number of ketones is 1. The average molecular weight is 298 g/mol. The molecule has 2 nitrogen and oxygen atoms in total. The second kappa shape index (κ2) is 16.3. The van der Waals surface area contributed by atoms with Gasteiger partial charge >= 0.3 is 0 Å². The molecule has 20 heavy (non-hydrogen) atoms. The van der Waals surface area contributed by atoms with Crippen molar-refractivity contribution >= 4 is 18.4 Å². The maximum Gasteiger partial charge on any atom is 0.172 e. The highest BCUT2D eigenvalue weighted by Crippen LogP contribution is 2.04. The molecule has 1 aliphatic rings. The third-order valence-corrected chi connectivity index (χ3v) is 2.63. The fraction of sp³-hybridized carbons (Fsp3) is 0.588. The van der Waals surface area contributed by atoms with Crippen molar-refractivity contribution in [3.8, 4) is 0 Å². The maximum atomic E-state index is 11.0. The SMILES string of the molecule is C1CCOC1.CC.CC.Cc1ccc(C(=O)CS)cc1. The summed E-state index contributed by atoms with van der Waals surface area (Å²) >= 11 is 3.90. The van der Waals surface area contributed by atoms with Gasteiger partial charge in [0.1, 0.15) is 0 Å². The molecule has 1 aromatic carbocycles. The Kier molecular flexibility index (Phi) is 17.5. The lowest BCUT2D eigenvalue weighted by atomic mass is 10.1. The Hall–Kier alpha value is -0.800. The molecule has 0 bridgehead atoms. The van der Waals surface area contributed by atoms with Gasteiger partial charge in [0, 0.05) is 18.8 Å². The summed E-state index contributed by atoms with van der Waals surface area (Å²) in [5.74, 6) is 0.358. The van der Waals surface area contributed by atoms with E-state index in [4.69, 9.17) is 4.74 Å². The molecule has 1 aromatic rings. The Balaban J connectivity index is 0. The van der Waals surface area contributed by atoms with Crippen LogP contribution in [-0.2, 0) is 4.74 Å². The zero-order valence-electron chi connectivity index (χ0n) is 13.6. The first-order chi connectivity index (χ1) is 9.74. The normalized spacial score (nSPS) is 11.9. The Labute approximate surface area is 130 Å².